The van der Waals surface area contributed by atoms with Gasteiger partial charge in [0.15, 0.2) is 5.78 Å². The van der Waals surface area contributed by atoms with Gasteiger partial charge in [-0.15, -0.1) is 22.7 Å². The number of aryl methyl sites for hydroxylation is 3. The van der Waals surface area contributed by atoms with Gasteiger partial charge in [0.1, 0.15) is 11.5 Å². The molecule has 2 heterocycles. The summed E-state index contributed by atoms with van der Waals surface area (Å²) in [5, 5.41) is 19.9. The summed E-state index contributed by atoms with van der Waals surface area (Å²) in [5.41, 5.74) is 2.18. The maximum absolute atomic E-state index is 12.4. The van der Waals surface area contributed by atoms with E-state index in [1.54, 1.807) is 25.6 Å². The molecule has 9 heteroatoms. The summed E-state index contributed by atoms with van der Waals surface area (Å²) in [6.07, 6.45) is 3.83. The average Bonchev–Trinajstić information content (AvgIpc) is 3.48. The molecule has 4 rings (SSSR count). The first-order valence-corrected chi connectivity index (χ1v) is 14.1. The number of aliphatic carboxylic acids is 2. The number of ketones is 1. The number of carboxylic acids is 2. The highest BCUT2D eigenvalue weighted by Crippen LogP contribution is 2.36. The van der Waals surface area contributed by atoms with Crippen LogP contribution in [0.3, 0.4) is 0 Å². The number of hydrogen-bond donors (Lipinski definition) is 2. The SMILES string of the molecule is COc1cc2sc(CCCC(=O)O)cc2cc1CCCc1cc2cc(C(=O)CCC(=O)O)sc2cc1OC. The van der Waals surface area contributed by atoms with Crippen molar-refractivity contribution >= 4 is 60.6 Å². The molecule has 0 unspecified atom stereocenters. The third-order valence-electron chi connectivity index (χ3n) is 6.44. The number of methoxy groups -OCH3 is 2. The fraction of sp³-hybridized carbons (Fsp3) is 0.345. The molecule has 38 heavy (non-hydrogen) atoms. The molecular weight excluding hydrogens is 524 g/mol. The van der Waals surface area contributed by atoms with Crippen molar-refractivity contribution in [3.63, 3.8) is 0 Å². The predicted octanol–water partition coefficient (Wildman–Crippen LogP) is 6.76. The van der Waals surface area contributed by atoms with Gasteiger partial charge in [0.2, 0.25) is 0 Å². The van der Waals surface area contributed by atoms with Gasteiger partial charge in [0.05, 0.1) is 25.5 Å². The smallest absolute Gasteiger partial charge is 0.303 e. The van der Waals surface area contributed by atoms with E-state index in [1.807, 2.05) is 12.1 Å². The Bertz CT molecular complexity index is 1480. The first kappa shape index (κ1) is 27.6. The van der Waals surface area contributed by atoms with Gasteiger partial charge in [-0.25, -0.2) is 0 Å². The zero-order valence-corrected chi connectivity index (χ0v) is 23.0. The molecule has 0 aliphatic heterocycles. The van der Waals surface area contributed by atoms with E-state index in [2.05, 4.69) is 24.3 Å². The van der Waals surface area contributed by atoms with Crippen molar-refractivity contribution in [3.05, 3.63) is 57.3 Å². The number of rotatable bonds is 14. The van der Waals surface area contributed by atoms with Crippen LogP contribution in [0, 0.1) is 0 Å². The molecule has 0 bridgehead atoms. The summed E-state index contributed by atoms with van der Waals surface area (Å²) < 4.78 is 13.4. The number of hydrogen-bond acceptors (Lipinski definition) is 7. The second-order valence-electron chi connectivity index (χ2n) is 9.14. The molecule has 0 fully saturated rings. The highest BCUT2D eigenvalue weighted by molar-refractivity contribution is 7.20. The van der Waals surface area contributed by atoms with Crippen molar-refractivity contribution in [2.45, 2.75) is 51.4 Å². The van der Waals surface area contributed by atoms with Crippen LogP contribution in [-0.4, -0.2) is 42.2 Å². The molecule has 200 valence electrons. The summed E-state index contributed by atoms with van der Waals surface area (Å²) in [4.78, 5) is 35.8. The number of fused-ring (bicyclic) bond motifs is 2. The normalized spacial score (nSPS) is 11.2. The van der Waals surface area contributed by atoms with Gasteiger partial charge in [0, 0.05) is 27.1 Å². The third kappa shape index (κ3) is 6.71. The van der Waals surface area contributed by atoms with Gasteiger partial charge >= 0.3 is 11.9 Å². The fourth-order valence-corrected chi connectivity index (χ4v) is 6.70. The van der Waals surface area contributed by atoms with Crippen molar-refractivity contribution in [3.8, 4) is 11.5 Å². The highest BCUT2D eigenvalue weighted by atomic mass is 32.1. The lowest BCUT2D eigenvalue weighted by atomic mass is 10.0. The zero-order valence-electron chi connectivity index (χ0n) is 21.4. The minimum atomic E-state index is -0.977. The van der Waals surface area contributed by atoms with Gasteiger partial charge in [-0.05, 0) is 90.4 Å². The number of Topliss-reactive ketones (excluding diaryl/α,β-unsaturated/α-hetero) is 1. The van der Waals surface area contributed by atoms with E-state index in [0.29, 0.717) is 11.3 Å². The van der Waals surface area contributed by atoms with E-state index in [-0.39, 0.29) is 25.0 Å². The van der Waals surface area contributed by atoms with Crippen molar-refractivity contribution in [1.29, 1.82) is 0 Å². The lowest BCUT2D eigenvalue weighted by molar-refractivity contribution is -0.138. The van der Waals surface area contributed by atoms with Crippen molar-refractivity contribution in [1.82, 2.24) is 0 Å². The van der Waals surface area contributed by atoms with Crippen LogP contribution in [0.4, 0.5) is 0 Å². The molecule has 7 nitrogen and oxygen atoms in total. The van der Waals surface area contributed by atoms with E-state index in [1.165, 1.54) is 16.2 Å². The summed E-state index contributed by atoms with van der Waals surface area (Å²) in [6, 6.07) is 12.2. The highest BCUT2D eigenvalue weighted by Gasteiger charge is 2.15. The van der Waals surface area contributed by atoms with Crippen LogP contribution in [0.2, 0.25) is 0 Å². The second kappa shape index (κ2) is 12.4. The number of carbonyl (C=O) groups excluding carboxylic acids is 1. The Balaban J connectivity index is 1.47. The lowest BCUT2D eigenvalue weighted by Gasteiger charge is -2.11. The third-order valence-corrected chi connectivity index (χ3v) is 8.73. The predicted molar refractivity (Wildman–Crippen MR) is 151 cm³/mol. The Kier molecular flexibility index (Phi) is 9.01. The van der Waals surface area contributed by atoms with Gasteiger partial charge in [-0.2, -0.15) is 0 Å². The van der Waals surface area contributed by atoms with Crippen LogP contribution >= 0.6 is 22.7 Å². The summed E-state index contributed by atoms with van der Waals surface area (Å²) in [6.45, 7) is 0. The second-order valence-corrected chi connectivity index (χ2v) is 11.4. The van der Waals surface area contributed by atoms with E-state index in [9.17, 15) is 14.4 Å². The van der Waals surface area contributed by atoms with Crippen molar-refractivity contribution in [2.75, 3.05) is 14.2 Å². The Morgan fingerprint density at radius 1 is 0.684 bits per heavy atom. The molecule has 0 saturated heterocycles. The molecule has 2 aromatic heterocycles. The molecule has 4 aromatic rings. The molecule has 0 aliphatic rings. The fourth-order valence-electron chi connectivity index (χ4n) is 4.54. The van der Waals surface area contributed by atoms with Gasteiger partial charge in [-0.1, -0.05) is 0 Å². The van der Waals surface area contributed by atoms with Crippen LogP contribution in [-0.2, 0) is 28.9 Å². The molecule has 0 aliphatic carbocycles. The number of ether oxygens (including phenoxy) is 2. The number of thiophene rings is 2. The topological polar surface area (TPSA) is 110 Å². The summed E-state index contributed by atoms with van der Waals surface area (Å²) in [5.74, 6) is -0.282. The van der Waals surface area contributed by atoms with Crippen LogP contribution in [0.25, 0.3) is 20.2 Å². The van der Waals surface area contributed by atoms with Gasteiger partial charge < -0.3 is 19.7 Å². The van der Waals surface area contributed by atoms with E-state index in [4.69, 9.17) is 19.7 Å². The van der Waals surface area contributed by atoms with Crippen LogP contribution in [0.1, 0.15) is 57.8 Å². The maximum atomic E-state index is 12.4. The molecule has 0 amide bonds. The minimum Gasteiger partial charge on any atom is -0.496 e. The minimum absolute atomic E-state index is 0.00766. The first-order valence-electron chi connectivity index (χ1n) is 12.4. The quantitative estimate of drug-likeness (QED) is 0.166. The van der Waals surface area contributed by atoms with E-state index in [0.717, 1.165) is 68.5 Å². The molecule has 0 radical (unpaired) electrons. The standard InChI is InChI=1S/C29H30O7S2/c1-35-23-15-25-19(13-21(37-25)7-4-8-28(31)32)11-17(23)5-3-6-18-12-20-14-27(22(30)9-10-29(33)34)38-26(20)16-24(18)36-2/h11-16H,3-10H2,1-2H3,(H,31,32)(H,33,34). The Labute approximate surface area is 228 Å². The first-order chi connectivity index (χ1) is 18.3. The Morgan fingerprint density at radius 3 is 1.84 bits per heavy atom. The van der Waals surface area contributed by atoms with Gasteiger partial charge in [0.25, 0.3) is 0 Å². The number of carboxylic acid groups (broad SMARTS) is 2. The Morgan fingerprint density at radius 2 is 1.26 bits per heavy atom. The van der Waals surface area contributed by atoms with E-state index < -0.39 is 11.9 Å². The molecule has 0 spiro atoms. The molecule has 2 aromatic carbocycles. The van der Waals surface area contributed by atoms with Crippen LogP contribution < -0.4 is 9.47 Å². The molecule has 0 saturated carbocycles. The van der Waals surface area contributed by atoms with Crippen molar-refractivity contribution < 1.29 is 34.1 Å². The Hall–Kier alpha value is -3.43. The van der Waals surface area contributed by atoms with Crippen LogP contribution in [0.15, 0.2) is 36.4 Å². The van der Waals surface area contributed by atoms with Gasteiger partial charge in [-0.3, -0.25) is 14.4 Å². The number of benzene rings is 2. The summed E-state index contributed by atoms with van der Waals surface area (Å²) >= 11 is 3.04. The summed E-state index contributed by atoms with van der Waals surface area (Å²) in [7, 11) is 3.31. The van der Waals surface area contributed by atoms with Crippen molar-refractivity contribution in [2.24, 2.45) is 0 Å². The average molecular weight is 555 g/mol. The van der Waals surface area contributed by atoms with E-state index >= 15 is 0 Å². The molecule has 0 atom stereocenters. The maximum Gasteiger partial charge on any atom is 0.303 e. The molecule has 2 N–H and O–H groups in total. The van der Waals surface area contributed by atoms with Crippen LogP contribution in [0.5, 0.6) is 11.5 Å². The number of carbonyl (C=O) groups is 3. The monoisotopic (exact) mass is 554 g/mol. The largest absolute Gasteiger partial charge is 0.496 e. The molecular formula is C29H30O7S2. The zero-order chi connectivity index (χ0) is 27.2. The lowest BCUT2D eigenvalue weighted by Crippen LogP contribution is -2.01.